The van der Waals surface area contributed by atoms with Crippen LogP contribution in [0.3, 0.4) is 0 Å². The first kappa shape index (κ1) is 17.2. The Morgan fingerprint density at radius 3 is 2.36 bits per heavy atom. The van der Waals surface area contributed by atoms with Gasteiger partial charge in [-0.2, -0.15) is 0 Å². The molecule has 0 radical (unpaired) electrons. The van der Waals surface area contributed by atoms with E-state index in [2.05, 4.69) is 10.6 Å². The van der Waals surface area contributed by atoms with Crippen LogP contribution in [-0.4, -0.2) is 18.9 Å². The average molecular weight is 344 g/mol. The molecule has 6 heteroatoms. The molecule has 5 nitrogen and oxygen atoms in total. The summed E-state index contributed by atoms with van der Waals surface area (Å²) in [5, 5.41) is 5.36. The number of amides is 2. The quantitative estimate of drug-likeness (QED) is 0.876. The van der Waals surface area contributed by atoms with Crippen molar-refractivity contribution in [2.75, 3.05) is 7.05 Å². The number of halogens is 1. The molecule has 1 saturated carbocycles. The van der Waals surface area contributed by atoms with Crippen molar-refractivity contribution < 1.29 is 18.4 Å². The SMILES string of the molecule is CNC(=O)c1ccc(CNC(=O)[C@]2(c3ccc(F)cc3)CC2(C)C)o1. The minimum absolute atomic E-state index is 0.123. The number of nitrogens with one attached hydrogen (secondary N) is 2. The average Bonchev–Trinajstić information content (AvgIpc) is 2.96. The standard InChI is InChI=1S/C19H21FN2O3/c1-18(2)11-19(18,12-4-6-13(20)7-5-12)17(24)22-10-14-8-9-15(25-14)16(23)21-3/h4-9H,10-11H2,1-3H3,(H,21,23)(H,22,24)/t19-/m1/s1. The Balaban J connectivity index is 1.74. The normalized spacial score (nSPS) is 20.8. The van der Waals surface area contributed by atoms with Gasteiger partial charge < -0.3 is 15.1 Å². The molecule has 2 N–H and O–H groups in total. The molecular weight excluding hydrogens is 323 g/mol. The van der Waals surface area contributed by atoms with E-state index in [1.54, 1.807) is 24.3 Å². The van der Waals surface area contributed by atoms with Crippen molar-refractivity contribution >= 4 is 11.8 Å². The van der Waals surface area contributed by atoms with Crippen LogP contribution >= 0.6 is 0 Å². The summed E-state index contributed by atoms with van der Waals surface area (Å²) in [6, 6.07) is 9.31. The number of hydrogen-bond donors (Lipinski definition) is 2. The van der Waals surface area contributed by atoms with Gasteiger partial charge >= 0.3 is 0 Å². The molecule has 1 atom stereocenters. The molecule has 25 heavy (non-hydrogen) atoms. The molecule has 3 rings (SSSR count). The number of carbonyl (C=O) groups is 2. The monoisotopic (exact) mass is 344 g/mol. The molecular formula is C19H21FN2O3. The first-order chi connectivity index (χ1) is 11.8. The van der Waals surface area contributed by atoms with E-state index in [9.17, 15) is 14.0 Å². The molecule has 2 aromatic rings. The summed E-state index contributed by atoms with van der Waals surface area (Å²) < 4.78 is 18.6. The highest BCUT2D eigenvalue weighted by molar-refractivity contribution is 5.93. The lowest BCUT2D eigenvalue weighted by atomic mass is 9.87. The second kappa shape index (κ2) is 6.02. The zero-order valence-corrected chi connectivity index (χ0v) is 14.5. The van der Waals surface area contributed by atoms with Crippen molar-refractivity contribution in [2.24, 2.45) is 5.41 Å². The van der Waals surface area contributed by atoms with E-state index < -0.39 is 5.41 Å². The highest BCUT2D eigenvalue weighted by Gasteiger charge is 2.66. The van der Waals surface area contributed by atoms with Crippen LogP contribution in [0.4, 0.5) is 4.39 Å². The van der Waals surface area contributed by atoms with Gasteiger partial charge in [0.2, 0.25) is 5.91 Å². The molecule has 1 aliphatic rings. The zero-order valence-electron chi connectivity index (χ0n) is 14.5. The largest absolute Gasteiger partial charge is 0.454 e. The van der Waals surface area contributed by atoms with Gasteiger partial charge in [-0.05, 0) is 41.7 Å². The highest BCUT2D eigenvalue weighted by atomic mass is 19.1. The van der Waals surface area contributed by atoms with Crippen LogP contribution in [0.25, 0.3) is 0 Å². The minimum atomic E-state index is -0.670. The Morgan fingerprint density at radius 2 is 1.80 bits per heavy atom. The fourth-order valence-corrected chi connectivity index (χ4v) is 3.40. The third kappa shape index (κ3) is 2.92. The molecule has 1 heterocycles. The highest BCUT2D eigenvalue weighted by Crippen LogP contribution is 2.64. The summed E-state index contributed by atoms with van der Waals surface area (Å²) in [4.78, 5) is 24.4. The molecule has 2 amide bonds. The van der Waals surface area contributed by atoms with E-state index in [1.165, 1.54) is 19.2 Å². The second-order valence-corrected chi connectivity index (χ2v) is 7.00. The number of hydrogen-bond acceptors (Lipinski definition) is 3. The Bertz CT molecular complexity index is 810. The third-order valence-electron chi connectivity index (χ3n) is 5.00. The molecule has 1 aromatic carbocycles. The maximum absolute atomic E-state index is 13.2. The van der Waals surface area contributed by atoms with Gasteiger partial charge in [0.15, 0.2) is 5.76 Å². The van der Waals surface area contributed by atoms with E-state index in [0.717, 1.165) is 5.56 Å². The molecule has 0 spiro atoms. The summed E-state index contributed by atoms with van der Waals surface area (Å²) >= 11 is 0. The van der Waals surface area contributed by atoms with E-state index in [0.29, 0.717) is 12.2 Å². The molecule has 1 fully saturated rings. The van der Waals surface area contributed by atoms with Crippen molar-refractivity contribution in [1.82, 2.24) is 10.6 Å². The molecule has 0 bridgehead atoms. The lowest BCUT2D eigenvalue weighted by molar-refractivity contribution is -0.124. The Labute approximate surface area is 145 Å². The smallest absolute Gasteiger partial charge is 0.286 e. The lowest BCUT2D eigenvalue weighted by Gasteiger charge is -2.20. The van der Waals surface area contributed by atoms with E-state index in [-0.39, 0.29) is 35.4 Å². The zero-order chi connectivity index (χ0) is 18.2. The van der Waals surface area contributed by atoms with Gasteiger partial charge in [0.25, 0.3) is 5.91 Å². The van der Waals surface area contributed by atoms with Gasteiger partial charge in [-0.1, -0.05) is 26.0 Å². The van der Waals surface area contributed by atoms with Crippen molar-refractivity contribution in [3.63, 3.8) is 0 Å². The van der Waals surface area contributed by atoms with Crippen molar-refractivity contribution in [3.05, 3.63) is 59.3 Å². The van der Waals surface area contributed by atoms with Crippen LogP contribution in [0.2, 0.25) is 0 Å². The first-order valence-electron chi connectivity index (χ1n) is 8.15. The third-order valence-corrected chi connectivity index (χ3v) is 5.00. The van der Waals surface area contributed by atoms with Crippen molar-refractivity contribution in [3.8, 4) is 0 Å². The van der Waals surface area contributed by atoms with E-state index in [4.69, 9.17) is 4.42 Å². The maximum atomic E-state index is 13.2. The van der Waals surface area contributed by atoms with Gasteiger partial charge in [0, 0.05) is 7.05 Å². The fourth-order valence-electron chi connectivity index (χ4n) is 3.40. The molecule has 0 unspecified atom stereocenters. The number of carbonyl (C=O) groups excluding carboxylic acids is 2. The van der Waals surface area contributed by atoms with Crippen LogP contribution in [0.1, 0.15) is 42.1 Å². The number of rotatable bonds is 5. The summed E-state index contributed by atoms with van der Waals surface area (Å²) in [6.07, 6.45) is 0.694. The predicted octanol–water partition coefficient (Wildman–Crippen LogP) is 2.76. The summed E-state index contributed by atoms with van der Waals surface area (Å²) in [5.74, 6) is -0.0628. The van der Waals surface area contributed by atoms with Crippen LogP contribution < -0.4 is 10.6 Å². The molecule has 132 valence electrons. The van der Waals surface area contributed by atoms with Crippen molar-refractivity contribution in [2.45, 2.75) is 32.2 Å². The number of furan rings is 1. The summed E-state index contributed by atoms with van der Waals surface area (Å²) in [6.45, 7) is 4.23. The van der Waals surface area contributed by atoms with Crippen molar-refractivity contribution in [1.29, 1.82) is 0 Å². The lowest BCUT2D eigenvalue weighted by Crippen LogP contribution is -2.37. The van der Waals surface area contributed by atoms with Gasteiger partial charge in [0.05, 0.1) is 12.0 Å². The summed E-state index contributed by atoms with van der Waals surface area (Å²) in [5.41, 5.74) is -0.0655. The molecule has 1 aromatic heterocycles. The molecule has 0 aliphatic heterocycles. The van der Waals surface area contributed by atoms with Crippen LogP contribution in [0.15, 0.2) is 40.8 Å². The first-order valence-corrected chi connectivity index (χ1v) is 8.15. The number of benzene rings is 1. The van der Waals surface area contributed by atoms with Crippen LogP contribution in [0, 0.1) is 11.2 Å². The Hall–Kier alpha value is -2.63. The van der Waals surface area contributed by atoms with Gasteiger partial charge in [-0.15, -0.1) is 0 Å². The van der Waals surface area contributed by atoms with E-state index >= 15 is 0 Å². The maximum Gasteiger partial charge on any atom is 0.286 e. The summed E-state index contributed by atoms with van der Waals surface area (Å²) in [7, 11) is 1.52. The Kier molecular flexibility index (Phi) is 4.14. The Morgan fingerprint density at radius 1 is 1.16 bits per heavy atom. The van der Waals surface area contributed by atoms with E-state index in [1.807, 2.05) is 13.8 Å². The van der Waals surface area contributed by atoms with Gasteiger partial charge in [0.1, 0.15) is 11.6 Å². The predicted molar refractivity (Wildman–Crippen MR) is 90.4 cm³/mol. The van der Waals surface area contributed by atoms with Gasteiger partial charge in [-0.3, -0.25) is 9.59 Å². The minimum Gasteiger partial charge on any atom is -0.454 e. The second-order valence-electron chi connectivity index (χ2n) is 7.00. The topological polar surface area (TPSA) is 71.3 Å². The fraction of sp³-hybridized carbons (Fsp3) is 0.368. The van der Waals surface area contributed by atoms with Crippen LogP contribution in [0.5, 0.6) is 0 Å². The van der Waals surface area contributed by atoms with Crippen LogP contribution in [-0.2, 0) is 16.8 Å². The molecule has 1 aliphatic carbocycles. The molecule has 0 saturated heterocycles. The van der Waals surface area contributed by atoms with Gasteiger partial charge in [-0.25, -0.2) is 4.39 Å².